The fourth-order valence-corrected chi connectivity index (χ4v) is 6.43. The van der Waals surface area contributed by atoms with Crippen molar-refractivity contribution in [3.05, 3.63) is 102 Å². The number of aromatic nitrogens is 1. The summed E-state index contributed by atoms with van der Waals surface area (Å²) in [7, 11) is 0. The van der Waals surface area contributed by atoms with Crippen LogP contribution in [0.5, 0.6) is 0 Å². The van der Waals surface area contributed by atoms with Gasteiger partial charge in [-0.1, -0.05) is 78.9 Å². The summed E-state index contributed by atoms with van der Waals surface area (Å²) in [5.41, 5.74) is 9.72. The zero-order chi connectivity index (χ0) is 21.1. The second-order valence-corrected chi connectivity index (χ2v) is 9.86. The zero-order valence-corrected chi connectivity index (χ0v) is 18.7. The van der Waals surface area contributed by atoms with E-state index >= 15 is 0 Å². The smallest absolute Gasteiger partial charge is 0.0894 e. The standard InChI is InChI=1S/C29H17NS2/c1-2-8-19(9-3-1)28-27(22-14-6-16-31-22)25-20-12-4-10-18-11-5-13-21(24(18)20)26(25)29(30-28)23-15-7-17-32-23/h1-17H. The van der Waals surface area contributed by atoms with Crippen molar-refractivity contribution >= 4 is 33.4 Å². The Morgan fingerprint density at radius 2 is 1.19 bits per heavy atom. The predicted molar refractivity (Wildman–Crippen MR) is 138 cm³/mol. The fraction of sp³-hybridized carbons (Fsp3) is 0. The molecule has 32 heavy (non-hydrogen) atoms. The summed E-state index contributed by atoms with van der Waals surface area (Å²) >= 11 is 3.54. The Labute approximate surface area is 194 Å². The third-order valence-electron chi connectivity index (χ3n) is 6.21. The third-order valence-corrected chi connectivity index (χ3v) is 7.97. The average Bonchev–Trinajstić information content (AvgIpc) is 3.62. The van der Waals surface area contributed by atoms with Gasteiger partial charge in [0, 0.05) is 27.1 Å². The second-order valence-electron chi connectivity index (χ2n) is 7.96. The van der Waals surface area contributed by atoms with Crippen molar-refractivity contribution in [1.29, 1.82) is 0 Å². The molecule has 0 spiro atoms. The van der Waals surface area contributed by atoms with Crippen molar-refractivity contribution in [2.24, 2.45) is 0 Å². The summed E-state index contributed by atoms with van der Waals surface area (Å²) in [6.07, 6.45) is 0. The normalized spacial score (nSPS) is 11.8. The first-order valence-corrected chi connectivity index (χ1v) is 12.4. The first-order valence-electron chi connectivity index (χ1n) is 10.6. The molecule has 3 aromatic heterocycles. The average molecular weight is 444 g/mol. The van der Waals surface area contributed by atoms with Crippen LogP contribution in [0.3, 0.4) is 0 Å². The summed E-state index contributed by atoms with van der Waals surface area (Å²) in [6.45, 7) is 0. The van der Waals surface area contributed by atoms with Gasteiger partial charge in [-0.3, -0.25) is 0 Å². The zero-order valence-electron chi connectivity index (χ0n) is 17.1. The maximum Gasteiger partial charge on any atom is 0.0894 e. The van der Waals surface area contributed by atoms with E-state index in [-0.39, 0.29) is 0 Å². The highest BCUT2D eigenvalue weighted by molar-refractivity contribution is 7.14. The van der Waals surface area contributed by atoms with Gasteiger partial charge in [0.05, 0.1) is 16.3 Å². The third kappa shape index (κ3) is 2.52. The molecule has 7 rings (SSSR count). The number of hydrogen-bond donors (Lipinski definition) is 0. The van der Waals surface area contributed by atoms with Gasteiger partial charge in [0.15, 0.2) is 0 Å². The topological polar surface area (TPSA) is 12.9 Å². The van der Waals surface area contributed by atoms with E-state index in [0.29, 0.717) is 0 Å². The van der Waals surface area contributed by atoms with E-state index in [1.54, 1.807) is 22.7 Å². The lowest BCUT2D eigenvalue weighted by Gasteiger charge is -2.18. The van der Waals surface area contributed by atoms with Crippen molar-refractivity contribution in [2.45, 2.75) is 0 Å². The molecule has 0 fully saturated rings. The molecule has 0 atom stereocenters. The van der Waals surface area contributed by atoms with E-state index < -0.39 is 0 Å². The summed E-state index contributed by atoms with van der Waals surface area (Å²) < 4.78 is 0. The molecular formula is C29H17NS2. The minimum Gasteiger partial charge on any atom is -0.246 e. The molecule has 1 aliphatic rings. The van der Waals surface area contributed by atoms with Crippen LogP contribution in [-0.2, 0) is 0 Å². The van der Waals surface area contributed by atoms with E-state index in [2.05, 4.69) is 102 Å². The van der Waals surface area contributed by atoms with Crippen LogP contribution >= 0.6 is 22.7 Å². The lowest BCUT2D eigenvalue weighted by molar-refractivity contribution is 1.34. The van der Waals surface area contributed by atoms with Crippen LogP contribution in [-0.4, -0.2) is 4.98 Å². The molecule has 0 amide bonds. The van der Waals surface area contributed by atoms with E-state index in [9.17, 15) is 0 Å². The molecule has 3 heteroatoms. The number of rotatable bonds is 3. The molecule has 0 N–H and O–H groups in total. The van der Waals surface area contributed by atoms with E-state index in [0.717, 1.165) is 17.0 Å². The molecule has 6 aromatic rings. The van der Waals surface area contributed by atoms with Crippen molar-refractivity contribution in [2.75, 3.05) is 0 Å². The Morgan fingerprint density at radius 3 is 1.88 bits per heavy atom. The summed E-state index contributed by atoms with van der Waals surface area (Å²) in [5.74, 6) is 0. The maximum atomic E-state index is 5.40. The number of pyridine rings is 1. The number of thiophene rings is 2. The Kier molecular flexibility index (Phi) is 3.95. The van der Waals surface area contributed by atoms with Gasteiger partial charge >= 0.3 is 0 Å². The molecule has 1 aliphatic carbocycles. The van der Waals surface area contributed by atoms with Crippen LogP contribution < -0.4 is 0 Å². The van der Waals surface area contributed by atoms with Gasteiger partial charge < -0.3 is 0 Å². The molecule has 3 heterocycles. The lowest BCUT2D eigenvalue weighted by atomic mass is 9.92. The van der Waals surface area contributed by atoms with Crippen LogP contribution in [0.25, 0.3) is 65.3 Å². The van der Waals surface area contributed by atoms with Crippen molar-refractivity contribution in [3.8, 4) is 54.5 Å². The molecule has 0 bridgehead atoms. The first-order chi connectivity index (χ1) is 15.9. The summed E-state index contributed by atoms with van der Waals surface area (Å²) in [5, 5.41) is 6.92. The minimum absolute atomic E-state index is 1.06. The van der Waals surface area contributed by atoms with Gasteiger partial charge in [0.1, 0.15) is 0 Å². The fourth-order valence-electron chi connectivity index (χ4n) is 4.93. The SMILES string of the molecule is c1ccc(-c2nc(-c3cccs3)c3c(c2-c2cccs2)-c2cccc4cccc-3c24)cc1. The monoisotopic (exact) mass is 443 g/mol. The minimum atomic E-state index is 1.06. The van der Waals surface area contributed by atoms with Crippen molar-refractivity contribution in [1.82, 2.24) is 4.98 Å². The Hall–Kier alpha value is -3.53. The summed E-state index contributed by atoms with van der Waals surface area (Å²) in [4.78, 5) is 7.87. The highest BCUT2D eigenvalue weighted by Gasteiger charge is 2.31. The van der Waals surface area contributed by atoms with Crippen LogP contribution in [0.15, 0.2) is 102 Å². The molecule has 1 nitrogen and oxygen atoms in total. The molecule has 0 unspecified atom stereocenters. The van der Waals surface area contributed by atoms with Gasteiger partial charge in [0.2, 0.25) is 0 Å². The Morgan fingerprint density at radius 1 is 0.500 bits per heavy atom. The molecular weight excluding hydrogens is 426 g/mol. The molecule has 0 saturated heterocycles. The molecule has 3 aromatic carbocycles. The molecule has 0 saturated carbocycles. The van der Waals surface area contributed by atoms with Gasteiger partial charge in [-0.25, -0.2) is 4.98 Å². The maximum absolute atomic E-state index is 5.40. The van der Waals surface area contributed by atoms with Gasteiger partial charge in [-0.2, -0.15) is 0 Å². The molecule has 0 radical (unpaired) electrons. The van der Waals surface area contributed by atoms with E-state index in [4.69, 9.17) is 4.98 Å². The van der Waals surface area contributed by atoms with Gasteiger partial charge in [-0.15, -0.1) is 22.7 Å². The van der Waals surface area contributed by atoms with Crippen molar-refractivity contribution in [3.63, 3.8) is 0 Å². The number of benzene rings is 3. The molecule has 0 aliphatic heterocycles. The largest absolute Gasteiger partial charge is 0.246 e. The summed E-state index contributed by atoms with van der Waals surface area (Å²) in [6, 6.07) is 32.6. The number of fused-ring (bicyclic) bond motifs is 3. The Balaban J connectivity index is 1.71. The van der Waals surface area contributed by atoms with Gasteiger partial charge in [0.25, 0.3) is 0 Å². The van der Waals surface area contributed by atoms with E-state index in [1.165, 1.54) is 48.3 Å². The van der Waals surface area contributed by atoms with Crippen LogP contribution in [0.1, 0.15) is 0 Å². The lowest BCUT2D eigenvalue weighted by Crippen LogP contribution is -1.96. The van der Waals surface area contributed by atoms with Crippen LogP contribution in [0.2, 0.25) is 0 Å². The highest BCUT2D eigenvalue weighted by atomic mass is 32.1. The van der Waals surface area contributed by atoms with Crippen LogP contribution in [0.4, 0.5) is 0 Å². The van der Waals surface area contributed by atoms with E-state index in [1.807, 2.05) is 0 Å². The van der Waals surface area contributed by atoms with Crippen molar-refractivity contribution < 1.29 is 0 Å². The predicted octanol–water partition coefficient (Wildman–Crippen LogP) is 9.01. The second kappa shape index (κ2) is 6.99. The Bertz CT molecular complexity index is 1590. The first kappa shape index (κ1) is 18.1. The van der Waals surface area contributed by atoms with Gasteiger partial charge in [-0.05, 0) is 44.8 Å². The molecule has 150 valence electrons. The quantitative estimate of drug-likeness (QED) is 0.265. The highest BCUT2D eigenvalue weighted by Crippen LogP contribution is 2.56. The van der Waals surface area contributed by atoms with Crippen LogP contribution in [0, 0.1) is 0 Å². The number of nitrogens with zero attached hydrogens (tertiary/aromatic N) is 1. The number of hydrogen-bond acceptors (Lipinski definition) is 3.